The molecular formula is C13H26N2O2. The third-order valence-electron chi connectivity index (χ3n) is 3.94. The van der Waals surface area contributed by atoms with E-state index in [9.17, 15) is 4.79 Å². The summed E-state index contributed by atoms with van der Waals surface area (Å²) in [5.74, 6) is 0.198. The van der Waals surface area contributed by atoms with Crippen molar-refractivity contribution in [1.29, 1.82) is 0 Å². The lowest BCUT2D eigenvalue weighted by Crippen LogP contribution is -2.65. The van der Waals surface area contributed by atoms with Crippen molar-refractivity contribution in [3.05, 3.63) is 0 Å². The summed E-state index contributed by atoms with van der Waals surface area (Å²) >= 11 is 0. The maximum Gasteiger partial charge on any atom is 0.326 e. The normalized spacial score (nSPS) is 30.9. The molecule has 4 heteroatoms. The molecule has 0 radical (unpaired) electrons. The van der Waals surface area contributed by atoms with E-state index < -0.39 is 5.54 Å². The van der Waals surface area contributed by atoms with Crippen LogP contribution in [-0.2, 0) is 9.53 Å². The van der Waals surface area contributed by atoms with Crippen molar-refractivity contribution in [1.82, 2.24) is 10.6 Å². The number of hydrogen-bond acceptors (Lipinski definition) is 4. The number of hydrogen-bond donors (Lipinski definition) is 2. The molecule has 0 amide bonds. The number of esters is 1. The van der Waals surface area contributed by atoms with Gasteiger partial charge in [-0.15, -0.1) is 0 Å². The average molecular weight is 242 g/mol. The summed E-state index contributed by atoms with van der Waals surface area (Å²) in [7, 11) is 1.48. The fourth-order valence-electron chi connectivity index (χ4n) is 2.67. The van der Waals surface area contributed by atoms with Crippen molar-refractivity contribution in [2.45, 2.75) is 51.6 Å². The van der Waals surface area contributed by atoms with E-state index in [1.54, 1.807) is 0 Å². The topological polar surface area (TPSA) is 50.4 Å². The standard InChI is InChI=1S/C13H26N2O2/c1-5-10(3)15-13(12(16)17-4)7-8-14-9-11(13)6-2/h10-11,14-15H,5-9H2,1-4H3. The molecule has 0 aliphatic carbocycles. The number of methoxy groups -OCH3 is 1. The van der Waals surface area contributed by atoms with Crippen molar-refractivity contribution >= 4 is 5.97 Å². The molecule has 1 rings (SSSR count). The Morgan fingerprint density at radius 3 is 2.82 bits per heavy atom. The quantitative estimate of drug-likeness (QED) is 0.714. The van der Waals surface area contributed by atoms with E-state index in [2.05, 4.69) is 31.4 Å². The van der Waals surface area contributed by atoms with E-state index >= 15 is 0 Å². The first-order valence-electron chi connectivity index (χ1n) is 6.67. The van der Waals surface area contributed by atoms with Crippen LogP contribution in [0.15, 0.2) is 0 Å². The molecule has 1 aliphatic rings. The highest BCUT2D eigenvalue weighted by Crippen LogP contribution is 2.29. The SMILES string of the molecule is CCC(C)NC1(C(=O)OC)CCNCC1CC. The van der Waals surface area contributed by atoms with Crippen LogP contribution in [0.3, 0.4) is 0 Å². The average Bonchev–Trinajstić information content (AvgIpc) is 2.37. The summed E-state index contributed by atoms with van der Waals surface area (Å²) in [5.41, 5.74) is -0.496. The van der Waals surface area contributed by atoms with Crippen molar-refractivity contribution in [2.24, 2.45) is 5.92 Å². The maximum absolute atomic E-state index is 12.2. The Labute approximate surface area is 104 Å². The zero-order chi connectivity index (χ0) is 12.9. The van der Waals surface area contributed by atoms with Crippen LogP contribution in [-0.4, -0.2) is 37.7 Å². The van der Waals surface area contributed by atoms with E-state index in [4.69, 9.17) is 4.74 Å². The lowest BCUT2D eigenvalue weighted by atomic mass is 9.76. The molecule has 4 nitrogen and oxygen atoms in total. The summed E-state index contributed by atoms with van der Waals surface area (Å²) in [6.45, 7) is 8.14. The van der Waals surface area contributed by atoms with Gasteiger partial charge in [-0.2, -0.15) is 0 Å². The molecule has 1 saturated heterocycles. The van der Waals surface area contributed by atoms with Gasteiger partial charge in [0, 0.05) is 18.5 Å². The van der Waals surface area contributed by atoms with Gasteiger partial charge in [0.1, 0.15) is 5.54 Å². The predicted octanol–water partition coefficient (Wildman–Crippen LogP) is 1.31. The van der Waals surface area contributed by atoms with Crippen LogP contribution >= 0.6 is 0 Å². The summed E-state index contributed by atoms with van der Waals surface area (Å²) in [6, 6.07) is 0.334. The van der Waals surface area contributed by atoms with E-state index in [-0.39, 0.29) is 5.97 Å². The summed E-state index contributed by atoms with van der Waals surface area (Å²) < 4.78 is 5.04. The van der Waals surface area contributed by atoms with Gasteiger partial charge in [0.05, 0.1) is 7.11 Å². The number of piperidine rings is 1. The van der Waals surface area contributed by atoms with E-state index in [1.807, 2.05) is 0 Å². The Balaban J connectivity index is 2.93. The van der Waals surface area contributed by atoms with E-state index in [0.29, 0.717) is 12.0 Å². The Morgan fingerprint density at radius 1 is 1.59 bits per heavy atom. The summed E-state index contributed by atoms with van der Waals surface area (Å²) in [4.78, 5) is 12.2. The Hall–Kier alpha value is -0.610. The molecule has 1 heterocycles. The predicted molar refractivity (Wildman–Crippen MR) is 68.9 cm³/mol. The number of ether oxygens (including phenoxy) is 1. The Bertz CT molecular complexity index is 258. The smallest absolute Gasteiger partial charge is 0.326 e. The molecule has 17 heavy (non-hydrogen) atoms. The highest BCUT2D eigenvalue weighted by molar-refractivity contribution is 5.81. The fraction of sp³-hybridized carbons (Fsp3) is 0.923. The minimum atomic E-state index is -0.496. The maximum atomic E-state index is 12.2. The summed E-state index contributed by atoms with van der Waals surface area (Å²) in [5, 5.41) is 6.88. The van der Waals surface area contributed by atoms with Crippen molar-refractivity contribution in [3.63, 3.8) is 0 Å². The lowest BCUT2D eigenvalue weighted by molar-refractivity contribution is -0.153. The van der Waals surface area contributed by atoms with Crippen molar-refractivity contribution in [3.8, 4) is 0 Å². The second-order valence-corrected chi connectivity index (χ2v) is 4.98. The highest BCUT2D eigenvalue weighted by Gasteiger charge is 2.47. The molecule has 0 aromatic carbocycles. The molecule has 0 aromatic rings. The van der Waals surface area contributed by atoms with Crippen LogP contribution in [0.1, 0.15) is 40.0 Å². The molecule has 1 fully saturated rings. The minimum absolute atomic E-state index is 0.105. The molecule has 0 spiro atoms. The molecule has 100 valence electrons. The monoisotopic (exact) mass is 242 g/mol. The number of carbonyl (C=O) groups excluding carboxylic acids is 1. The van der Waals surface area contributed by atoms with Crippen LogP contribution in [0.2, 0.25) is 0 Å². The Morgan fingerprint density at radius 2 is 2.29 bits per heavy atom. The largest absolute Gasteiger partial charge is 0.468 e. The third-order valence-corrected chi connectivity index (χ3v) is 3.94. The van der Waals surface area contributed by atoms with Gasteiger partial charge in [0.25, 0.3) is 0 Å². The first kappa shape index (κ1) is 14.5. The fourth-order valence-corrected chi connectivity index (χ4v) is 2.67. The lowest BCUT2D eigenvalue weighted by Gasteiger charge is -2.44. The van der Waals surface area contributed by atoms with Gasteiger partial charge < -0.3 is 10.1 Å². The van der Waals surface area contributed by atoms with E-state index in [1.165, 1.54) is 7.11 Å². The minimum Gasteiger partial charge on any atom is -0.468 e. The van der Waals surface area contributed by atoms with Gasteiger partial charge in [-0.1, -0.05) is 13.8 Å². The first-order chi connectivity index (χ1) is 8.10. The van der Waals surface area contributed by atoms with Gasteiger partial charge in [-0.25, -0.2) is 0 Å². The molecule has 3 atom stereocenters. The van der Waals surface area contributed by atoms with Crippen molar-refractivity contribution < 1.29 is 9.53 Å². The van der Waals surface area contributed by atoms with Gasteiger partial charge in [0.15, 0.2) is 0 Å². The second-order valence-electron chi connectivity index (χ2n) is 4.98. The van der Waals surface area contributed by atoms with Gasteiger partial charge >= 0.3 is 5.97 Å². The molecular weight excluding hydrogens is 216 g/mol. The number of carbonyl (C=O) groups is 1. The molecule has 3 unspecified atom stereocenters. The number of rotatable bonds is 5. The molecule has 0 bridgehead atoms. The highest BCUT2D eigenvalue weighted by atomic mass is 16.5. The van der Waals surface area contributed by atoms with E-state index in [0.717, 1.165) is 32.4 Å². The van der Waals surface area contributed by atoms with Crippen LogP contribution in [0.25, 0.3) is 0 Å². The third kappa shape index (κ3) is 2.99. The number of nitrogens with one attached hydrogen (secondary N) is 2. The van der Waals surface area contributed by atoms with Gasteiger partial charge in [-0.3, -0.25) is 10.1 Å². The van der Waals surface area contributed by atoms with Gasteiger partial charge in [0.2, 0.25) is 0 Å². The second kappa shape index (κ2) is 6.36. The molecule has 0 saturated carbocycles. The van der Waals surface area contributed by atoms with Gasteiger partial charge in [-0.05, 0) is 32.7 Å². The first-order valence-corrected chi connectivity index (χ1v) is 6.67. The van der Waals surface area contributed by atoms with Crippen LogP contribution in [0.4, 0.5) is 0 Å². The zero-order valence-corrected chi connectivity index (χ0v) is 11.5. The van der Waals surface area contributed by atoms with Crippen molar-refractivity contribution in [2.75, 3.05) is 20.2 Å². The molecule has 2 N–H and O–H groups in total. The summed E-state index contributed by atoms with van der Waals surface area (Å²) in [6.07, 6.45) is 2.80. The molecule has 1 aliphatic heterocycles. The van der Waals surface area contributed by atoms with Crippen LogP contribution in [0, 0.1) is 5.92 Å². The Kier molecular flexibility index (Phi) is 5.40. The zero-order valence-electron chi connectivity index (χ0n) is 11.5. The van der Waals surface area contributed by atoms with Crippen LogP contribution in [0.5, 0.6) is 0 Å². The molecule has 0 aromatic heterocycles. The van der Waals surface area contributed by atoms with Crippen LogP contribution < -0.4 is 10.6 Å².